The van der Waals surface area contributed by atoms with Crippen LogP contribution >= 0.6 is 0 Å². The Morgan fingerprint density at radius 1 is 1.23 bits per heavy atom. The average molecular weight is 360 g/mol. The standard InChI is InChI=1S/C20H28N2O4/c1-20(2)16(17(20)19(24)25)18(23)21-15(12-22-10-4-5-11-22)13-6-8-14(26-3)9-7-13/h6-9,15-17H,4-5,10-12H2,1-3H3,(H,21,23)(H,24,25)/t15?,16-,17+/m0/s1. The van der Waals surface area contributed by atoms with Crippen molar-refractivity contribution in [3.63, 3.8) is 0 Å². The number of benzene rings is 1. The number of carboxylic acids is 1. The maximum absolute atomic E-state index is 12.8. The number of nitrogens with one attached hydrogen (secondary N) is 1. The third-order valence-electron chi connectivity index (χ3n) is 5.85. The monoisotopic (exact) mass is 360 g/mol. The van der Waals surface area contributed by atoms with Crippen molar-refractivity contribution in [3.05, 3.63) is 29.8 Å². The predicted molar refractivity (Wildman–Crippen MR) is 97.9 cm³/mol. The Morgan fingerprint density at radius 2 is 1.85 bits per heavy atom. The summed E-state index contributed by atoms with van der Waals surface area (Å²) < 4.78 is 5.22. The van der Waals surface area contributed by atoms with Crippen LogP contribution in [0.5, 0.6) is 5.75 Å². The maximum Gasteiger partial charge on any atom is 0.307 e. The van der Waals surface area contributed by atoms with Crippen molar-refractivity contribution in [1.29, 1.82) is 0 Å². The van der Waals surface area contributed by atoms with Crippen LogP contribution in [0.1, 0.15) is 38.3 Å². The highest BCUT2D eigenvalue weighted by molar-refractivity contribution is 5.91. The van der Waals surface area contributed by atoms with Crippen molar-refractivity contribution < 1.29 is 19.4 Å². The lowest BCUT2D eigenvalue weighted by Gasteiger charge is -2.25. The molecule has 2 N–H and O–H groups in total. The van der Waals surface area contributed by atoms with E-state index in [1.54, 1.807) is 7.11 Å². The van der Waals surface area contributed by atoms with Gasteiger partial charge in [0.1, 0.15) is 5.75 Å². The van der Waals surface area contributed by atoms with E-state index < -0.39 is 23.2 Å². The van der Waals surface area contributed by atoms with Crippen LogP contribution in [0.25, 0.3) is 0 Å². The summed E-state index contributed by atoms with van der Waals surface area (Å²) in [6.45, 7) is 6.51. The summed E-state index contributed by atoms with van der Waals surface area (Å²) in [6.07, 6.45) is 2.36. The molecule has 1 unspecified atom stereocenters. The summed E-state index contributed by atoms with van der Waals surface area (Å²) in [4.78, 5) is 26.5. The summed E-state index contributed by atoms with van der Waals surface area (Å²) in [5.74, 6) is -1.36. The maximum atomic E-state index is 12.8. The van der Waals surface area contributed by atoms with Gasteiger partial charge in [-0.1, -0.05) is 26.0 Å². The molecule has 3 atom stereocenters. The highest BCUT2D eigenvalue weighted by Gasteiger charge is 2.66. The van der Waals surface area contributed by atoms with Crippen LogP contribution in [0.15, 0.2) is 24.3 Å². The molecule has 2 aliphatic rings. The molecule has 1 saturated carbocycles. The van der Waals surface area contributed by atoms with E-state index in [1.807, 2.05) is 38.1 Å². The minimum Gasteiger partial charge on any atom is -0.497 e. The van der Waals surface area contributed by atoms with Gasteiger partial charge in [-0.05, 0) is 49.0 Å². The minimum atomic E-state index is -0.893. The fourth-order valence-electron chi connectivity index (χ4n) is 4.14. The van der Waals surface area contributed by atoms with Gasteiger partial charge in [0.2, 0.25) is 5.91 Å². The van der Waals surface area contributed by atoms with Crippen LogP contribution in [-0.4, -0.2) is 48.6 Å². The number of hydrogen-bond donors (Lipinski definition) is 2. The molecule has 0 aromatic heterocycles. The van der Waals surface area contributed by atoms with Crippen molar-refractivity contribution >= 4 is 11.9 Å². The fourth-order valence-corrected chi connectivity index (χ4v) is 4.14. The van der Waals surface area contributed by atoms with Crippen LogP contribution in [-0.2, 0) is 9.59 Å². The molecule has 1 aromatic carbocycles. The van der Waals surface area contributed by atoms with E-state index in [4.69, 9.17) is 4.74 Å². The first kappa shape index (κ1) is 18.7. The molecule has 142 valence electrons. The second-order valence-electron chi connectivity index (χ2n) is 7.96. The number of amides is 1. The van der Waals surface area contributed by atoms with Gasteiger partial charge in [-0.2, -0.15) is 0 Å². The molecule has 0 spiro atoms. The molecule has 2 fully saturated rings. The quantitative estimate of drug-likeness (QED) is 0.780. The first-order valence-corrected chi connectivity index (χ1v) is 9.24. The van der Waals surface area contributed by atoms with Gasteiger partial charge in [-0.15, -0.1) is 0 Å². The van der Waals surface area contributed by atoms with Gasteiger partial charge in [-0.3, -0.25) is 9.59 Å². The topological polar surface area (TPSA) is 78.9 Å². The summed E-state index contributed by atoms with van der Waals surface area (Å²) in [5, 5.41) is 12.5. The van der Waals surface area contributed by atoms with E-state index in [9.17, 15) is 14.7 Å². The van der Waals surface area contributed by atoms with E-state index in [1.165, 1.54) is 12.8 Å². The fraction of sp³-hybridized carbons (Fsp3) is 0.600. The zero-order chi connectivity index (χ0) is 18.9. The largest absolute Gasteiger partial charge is 0.497 e. The van der Waals surface area contributed by atoms with Crippen molar-refractivity contribution in [2.24, 2.45) is 17.3 Å². The molecule has 6 heteroatoms. The number of ether oxygens (including phenoxy) is 1. The van der Waals surface area contributed by atoms with E-state index >= 15 is 0 Å². The van der Waals surface area contributed by atoms with Crippen molar-refractivity contribution in [2.45, 2.75) is 32.7 Å². The number of carbonyl (C=O) groups excluding carboxylic acids is 1. The lowest BCUT2D eigenvalue weighted by atomic mass is 10.0. The molecule has 0 radical (unpaired) electrons. The normalized spacial score (nSPS) is 25.5. The Morgan fingerprint density at radius 3 is 2.35 bits per heavy atom. The molecule has 1 aliphatic heterocycles. The minimum absolute atomic E-state index is 0.155. The summed E-state index contributed by atoms with van der Waals surface area (Å²) in [6, 6.07) is 7.55. The van der Waals surface area contributed by atoms with Gasteiger partial charge in [0.05, 0.1) is 25.0 Å². The number of carboxylic acid groups (broad SMARTS) is 1. The highest BCUT2D eigenvalue weighted by atomic mass is 16.5. The first-order valence-electron chi connectivity index (χ1n) is 9.24. The highest BCUT2D eigenvalue weighted by Crippen LogP contribution is 2.58. The molecule has 6 nitrogen and oxygen atoms in total. The number of likely N-dealkylation sites (tertiary alicyclic amines) is 1. The van der Waals surface area contributed by atoms with Gasteiger partial charge in [-0.25, -0.2) is 0 Å². The zero-order valence-corrected chi connectivity index (χ0v) is 15.7. The third kappa shape index (κ3) is 3.70. The number of aliphatic carboxylic acids is 1. The Bertz CT molecular complexity index is 665. The van der Waals surface area contributed by atoms with E-state index in [-0.39, 0.29) is 11.9 Å². The Kier molecular flexibility index (Phi) is 5.23. The Balaban J connectivity index is 1.74. The van der Waals surface area contributed by atoms with E-state index in [0.717, 1.165) is 30.9 Å². The molecule has 1 saturated heterocycles. The smallest absolute Gasteiger partial charge is 0.307 e. The second-order valence-corrected chi connectivity index (χ2v) is 7.96. The summed E-state index contributed by atoms with van der Waals surface area (Å²) >= 11 is 0. The number of carbonyl (C=O) groups is 2. The van der Waals surface area contributed by atoms with Crippen LogP contribution in [0.3, 0.4) is 0 Å². The lowest BCUT2D eigenvalue weighted by Crippen LogP contribution is -2.38. The predicted octanol–water partition coefficient (Wildman–Crippen LogP) is 2.31. The SMILES string of the molecule is COc1ccc(C(CN2CCCC2)NC(=O)[C@@H]2[C@H](C(=O)O)C2(C)C)cc1. The van der Waals surface area contributed by atoms with Gasteiger partial charge in [0, 0.05) is 6.54 Å². The van der Waals surface area contributed by atoms with Gasteiger partial charge < -0.3 is 20.1 Å². The average Bonchev–Trinajstić information content (AvgIpc) is 2.94. The van der Waals surface area contributed by atoms with Crippen LogP contribution < -0.4 is 10.1 Å². The molecule has 1 aliphatic carbocycles. The lowest BCUT2D eigenvalue weighted by molar-refractivity contribution is -0.140. The van der Waals surface area contributed by atoms with Gasteiger partial charge in [0.25, 0.3) is 0 Å². The van der Waals surface area contributed by atoms with Gasteiger partial charge >= 0.3 is 5.97 Å². The molecule has 1 amide bonds. The van der Waals surface area contributed by atoms with E-state index in [2.05, 4.69) is 10.2 Å². The van der Waals surface area contributed by atoms with Crippen LogP contribution in [0.2, 0.25) is 0 Å². The van der Waals surface area contributed by atoms with Crippen LogP contribution in [0.4, 0.5) is 0 Å². The number of rotatable bonds is 7. The number of hydrogen-bond acceptors (Lipinski definition) is 4. The number of methoxy groups -OCH3 is 1. The van der Waals surface area contributed by atoms with Gasteiger partial charge in [0.15, 0.2) is 0 Å². The molecule has 26 heavy (non-hydrogen) atoms. The van der Waals surface area contributed by atoms with Crippen molar-refractivity contribution in [1.82, 2.24) is 10.2 Å². The second kappa shape index (κ2) is 7.27. The molecule has 3 rings (SSSR count). The zero-order valence-electron chi connectivity index (χ0n) is 15.7. The number of nitrogens with zero attached hydrogens (tertiary/aromatic N) is 1. The molecular formula is C20H28N2O4. The van der Waals surface area contributed by atoms with Crippen molar-refractivity contribution in [2.75, 3.05) is 26.7 Å². The van der Waals surface area contributed by atoms with E-state index in [0.29, 0.717) is 0 Å². The van der Waals surface area contributed by atoms with Crippen LogP contribution in [0, 0.1) is 17.3 Å². The Hall–Kier alpha value is -2.08. The van der Waals surface area contributed by atoms with Crippen molar-refractivity contribution in [3.8, 4) is 5.75 Å². The molecule has 1 aromatic rings. The molecule has 1 heterocycles. The molecular weight excluding hydrogens is 332 g/mol. The third-order valence-corrected chi connectivity index (χ3v) is 5.85. The molecule has 0 bridgehead atoms. The summed E-state index contributed by atoms with van der Waals surface area (Å²) in [5.41, 5.74) is 0.518. The summed E-state index contributed by atoms with van der Waals surface area (Å²) in [7, 11) is 1.62. The first-order chi connectivity index (χ1) is 12.3. The Labute approximate surface area is 154 Å².